The number of rotatable bonds is 3. The lowest BCUT2D eigenvalue weighted by Crippen LogP contribution is -2.37. The van der Waals surface area contributed by atoms with Gasteiger partial charge >= 0.3 is 0 Å². The highest BCUT2D eigenvalue weighted by Gasteiger charge is 2.34. The lowest BCUT2D eigenvalue weighted by Gasteiger charge is -2.15. The Balaban J connectivity index is 1.55. The maximum Gasteiger partial charge on any atom is 0.267 e. The van der Waals surface area contributed by atoms with Gasteiger partial charge in [-0.1, -0.05) is 0 Å². The zero-order valence-corrected chi connectivity index (χ0v) is 11.2. The van der Waals surface area contributed by atoms with E-state index in [4.69, 9.17) is 0 Å². The second kappa shape index (κ2) is 4.46. The van der Waals surface area contributed by atoms with Gasteiger partial charge in [0.1, 0.15) is 5.69 Å². The van der Waals surface area contributed by atoms with Crippen molar-refractivity contribution in [3.8, 4) is 0 Å². The highest BCUT2D eigenvalue weighted by atomic mass is 79.9. The molecular weight excluding hydrogens is 282 g/mol. The molecule has 1 unspecified atom stereocenters. The van der Waals surface area contributed by atoms with E-state index in [-0.39, 0.29) is 5.91 Å². The molecule has 0 bridgehead atoms. The summed E-state index contributed by atoms with van der Waals surface area (Å²) in [5.41, 5.74) is 0.627. The Bertz CT molecular complexity index is 427. The maximum absolute atomic E-state index is 11.9. The molecule has 1 saturated heterocycles. The topological polar surface area (TPSA) is 48.1 Å². The van der Waals surface area contributed by atoms with Crippen LogP contribution in [0.25, 0.3) is 0 Å². The van der Waals surface area contributed by atoms with Gasteiger partial charge in [0.2, 0.25) is 0 Å². The molecule has 1 amide bonds. The van der Waals surface area contributed by atoms with Crippen LogP contribution in [-0.2, 0) is 0 Å². The minimum Gasteiger partial charge on any atom is -0.356 e. The predicted octanol–water partition coefficient (Wildman–Crippen LogP) is 1.74. The summed E-state index contributed by atoms with van der Waals surface area (Å²) in [6, 6.07) is 2.92. The Morgan fingerprint density at radius 1 is 1.47 bits per heavy atom. The first-order chi connectivity index (χ1) is 8.22. The van der Waals surface area contributed by atoms with Gasteiger partial charge in [-0.05, 0) is 41.3 Å². The van der Waals surface area contributed by atoms with Crippen molar-refractivity contribution in [2.75, 3.05) is 13.1 Å². The SMILES string of the molecule is O=C(NC1CCN(C2CC2)C1)c1cc(Br)c[nH]1. The average molecular weight is 298 g/mol. The zero-order chi connectivity index (χ0) is 11.8. The van der Waals surface area contributed by atoms with Crippen LogP contribution in [0, 0.1) is 0 Å². The summed E-state index contributed by atoms with van der Waals surface area (Å²) in [7, 11) is 0. The summed E-state index contributed by atoms with van der Waals surface area (Å²) in [6.07, 6.45) is 5.53. The smallest absolute Gasteiger partial charge is 0.267 e. The standard InChI is InChI=1S/C12H16BrN3O/c13-8-5-11(14-6-8)12(17)15-9-3-4-16(7-9)10-1-2-10/h5-6,9-10,14H,1-4,7H2,(H,15,17). The fourth-order valence-corrected chi connectivity index (χ4v) is 2.78. The molecule has 0 radical (unpaired) electrons. The molecule has 1 aliphatic carbocycles. The number of carbonyl (C=O) groups is 1. The van der Waals surface area contributed by atoms with Crippen molar-refractivity contribution in [3.05, 3.63) is 22.4 Å². The van der Waals surface area contributed by atoms with Crippen molar-refractivity contribution in [1.29, 1.82) is 0 Å². The Kier molecular flexibility index (Phi) is 2.96. The molecule has 1 aromatic heterocycles. The molecule has 2 aliphatic rings. The molecule has 2 fully saturated rings. The summed E-state index contributed by atoms with van der Waals surface area (Å²) in [4.78, 5) is 17.4. The van der Waals surface area contributed by atoms with E-state index in [1.165, 1.54) is 12.8 Å². The third kappa shape index (κ3) is 2.55. The molecule has 1 aliphatic heterocycles. The van der Waals surface area contributed by atoms with Crippen molar-refractivity contribution in [3.63, 3.8) is 0 Å². The Morgan fingerprint density at radius 2 is 2.29 bits per heavy atom. The van der Waals surface area contributed by atoms with Gasteiger partial charge in [-0.15, -0.1) is 0 Å². The number of carbonyl (C=O) groups excluding carboxylic acids is 1. The maximum atomic E-state index is 11.9. The summed E-state index contributed by atoms with van der Waals surface area (Å²) in [5.74, 6) is -0.00153. The molecule has 1 aromatic rings. The van der Waals surface area contributed by atoms with E-state index >= 15 is 0 Å². The van der Waals surface area contributed by atoms with Crippen LogP contribution in [0.15, 0.2) is 16.7 Å². The van der Waals surface area contributed by atoms with Crippen molar-refractivity contribution in [1.82, 2.24) is 15.2 Å². The van der Waals surface area contributed by atoms with Gasteiger partial charge in [0.15, 0.2) is 0 Å². The van der Waals surface area contributed by atoms with Gasteiger partial charge in [-0.2, -0.15) is 0 Å². The molecule has 3 rings (SSSR count). The summed E-state index contributed by atoms with van der Waals surface area (Å²) in [6.45, 7) is 2.14. The first-order valence-corrected chi connectivity index (χ1v) is 6.90. The first kappa shape index (κ1) is 11.3. The fourth-order valence-electron chi connectivity index (χ4n) is 2.44. The zero-order valence-electron chi connectivity index (χ0n) is 9.58. The van der Waals surface area contributed by atoms with Gasteiger partial charge in [0, 0.05) is 35.8 Å². The minimum absolute atomic E-state index is 0.00153. The molecule has 4 nitrogen and oxygen atoms in total. The van der Waals surface area contributed by atoms with E-state index in [0.717, 1.165) is 30.0 Å². The lowest BCUT2D eigenvalue weighted by atomic mass is 10.2. The number of likely N-dealkylation sites (tertiary alicyclic amines) is 1. The highest BCUT2D eigenvalue weighted by molar-refractivity contribution is 9.10. The molecule has 1 atom stereocenters. The Morgan fingerprint density at radius 3 is 2.94 bits per heavy atom. The van der Waals surface area contributed by atoms with Crippen LogP contribution in [0.3, 0.4) is 0 Å². The lowest BCUT2D eigenvalue weighted by molar-refractivity contribution is 0.0933. The number of halogens is 1. The normalized spacial score (nSPS) is 25.1. The number of nitrogens with zero attached hydrogens (tertiary/aromatic N) is 1. The molecule has 0 aromatic carbocycles. The molecule has 2 N–H and O–H groups in total. The number of nitrogens with one attached hydrogen (secondary N) is 2. The third-order valence-corrected chi connectivity index (χ3v) is 3.97. The highest BCUT2D eigenvalue weighted by Crippen LogP contribution is 2.29. The van der Waals surface area contributed by atoms with E-state index < -0.39 is 0 Å². The van der Waals surface area contributed by atoms with Crippen LogP contribution in [0.1, 0.15) is 29.8 Å². The van der Waals surface area contributed by atoms with Crippen LogP contribution in [0.2, 0.25) is 0 Å². The summed E-state index contributed by atoms with van der Waals surface area (Å²) < 4.78 is 0.911. The second-order valence-electron chi connectivity index (χ2n) is 4.92. The van der Waals surface area contributed by atoms with Crippen LogP contribution >= 0.6 is 15.9 Å². The van der Waals surface area contributed by atoms with Gasteiger partial charge < -0.3 is 10.3 Å². The number of amides is 1. The second-order valence-corrected chi connectivity index (χ2v) is 5.83. The Labute approximate surface area is 109 Å². The van der Waals surface area contributed by atoms with Gasteiger partial charge in [-0.25, -0.2) is 0 Å². The fraction of sp³-hybridized carbons (Fsp3) is 0.583. The van der Waals surface area contributed by atoms with E-state index in [0.29, 0.717) is 11.7 Å². The number of hydrogen-bond donors (Lipinski definition) is 2. The number of aromatic amines is 1. The third-order valence-electron chi connectivity index (χ3n) is 3.51. The van der Waals surface area contributed by atoms with Gasteiger partial charge in [-0.3, -0.25) is 9.69 Å². The predicted molar refractivity (Wildman–Crippen MR) is 69.0 cm³/mol. The Hall–Kier alpha value is -0.810. The number of H-pyrrole nitrogens is 1. The van der Waals surface area contributed by atoms with Crippen molar-refractivity contribution < 1.29 is 4.79 Å². The van der Waals surface area contributed by atoms with Crippen molar-refractivity contribution in [2.45, 2.75) is 31.3 Å². The van der Waals surface area contributed by atoms with Gasteiger partial charge in [0.25, 0.3) is 5.91 Å². The molecule has 92 valence electrons. The van der Waals surface area contributed by atoms with Crippen molar-refractivity contribution >= 4 is 21.8 Å². The molecule has 0 spiro atoms. The van der Waals surface area contributed by atoms with Crippen LogP contribution < -0.4 is 5.32 Å². The van der Waals surface area contributed by atoms with Crippen LogP contribution in [0.5, 0.6) is 0 Å². The summed E-state index contributed by atoms with van der Waals surface area (Å²) >= 11 is 3.33. The molecular formula is C12H16BrN3O. The van der Waals surface area contributed by atoms with E-state index in [1.54, 1.807) is 6.20 Å². The van der Waals surface area contributed by atoms with E-state index in [9.17, 15) is 4.79 Å². The summed E-state index contributed by atoms with van der Waals surface area (Å²) in [5, 5.41) is 3.09. The molecule has 2 heterocycles. The quantitative estimate of drug-likeness (QED) is 0.893. The van der Waals surface area contributed by atoms with E-state index in [1.807, 2.05) is 6.07 Å². The number of hydrogen-bond acceptors (Lipinski definition) is 2. The number of aromatic nitrogens is 1. The average Bonchev–Trinajstić information content (AvgIpc) is 2.90. The first-order valence-electron chi connectivity index (χ1n) is 6.11. The molecule has 17 heavy (non-hydrogen) atoms. The monoisotopic (exact) mass is 297 g/mol. The van der Waals surface area contributed by atoms with Crippen LogP contribution in [-0.4, -0.2) is 41.0 Å². The molecule has 5 heteroatoms. The van der Waals surface area contributed by atoms with Crippen LogP contribution in [0.4, 0.5) is 0 Å². The van der Waals surface area contributed by atoms with Crippen molar-refractivity contribution in [2.24, 2.45) is 0 Å². The largest absolute Gasteiger partial charge is 0.356 e. The van der Waals surface area contributed by atoms with E-state index in [2.05, 4.69) is 31.1 Å². The van der Waals surface area contributed by atoms with Gasteiger partial charge in [0.05, 0.1) is 0 Å². The molecule has 1 saturated carbocycles. The minimum atomic E-state index is -0.00153.